The van der Waals surface area contributed by atoms with Crippen molar-refractivity contribution in [3.63, 3.8) is 0 Å². The number of rotatable bonds is 8. The summed E-state index contributed by atoms with van der Waals surface area (Å²) in [6, 6.07) is 6.82. The van der Waals surface area contributed by atoms with Crippen molar-refractivity contribution >= 4 is 37.6 Å². The van der Waals surface area contributed by atoms with E-state index in [1.165, 1.54) is 0 Å². The van der Waals surface area contributed by atoms with Gasteiger partial charge in [0.15, 0.2) is 9.84 Å². The van der Waals surface area contributed by atoms with Gasteiger partial charge in [-0.3, -0.25) is 9.59 Å². The van der Waals surface area contributed by atoms with Gasteiger partial charge >= 0.3 is 5.97 Å². The van der Waals surface area contributed by atoms with Gasteiger partial charge in [0, 0.05) is 17.4 Å². The summed E-state index contributed by atoms with van der Waals surface area (Å²) >= 11 is 3.26. The van der Waals surface area contributed by atoms with Gasteiger partial charge in [-0.15, -0.1) is 0 Å². The van der Waals surface area contributed by atoms with E-state index in [4.69, 9.17) is 5.11 Å². The van der Waals surface area contributed by atoms with E-state index >= 15 is 0 Å². The SMILES string of the molecule is CC(CNC(=O)CS(=O)(=O)Cc1ccc(Br)cc1)CC(=O)O. The molecule has 122 valence electrons. The lowest BCUT2D eigenvalue weighted by Gasteiger charge is -2.10. The number of halogens is 1. The molecule has 0 heterocycles. The molecule has 22 heavy (non-hydrogen) atoms. The Morgan fingerprint density at radius 2 is 1.86 bits per heavy atom. The highest BCUT2D eigenvalue weighted by molar-refractivity contribution is 9.10. The number of nitrogens with one attached hydrogen (secondary N) is 1. The standard InChI is InChI=1S/C14H18BrNO5S/c1-10(6-14(18)19)7-16-13(17)9-22(20,21)8-11-2-4-12(15)5-3-11/h2-5,10H,6-9H2,1H3,(H,16,17)(H,18,19). The molecule has 1 unspecified atom stereocenters. The number of amides is 1. The summed E-state index contributed by atoms with van der Waals surface area (Å²) in [5.41, 5.74) is 0.607. The summed E-state index contributed by atoms with van der Waals surface area (Å²) in [4.78, 5) is 22.1. The number of carbonyl (C=O) groups excluding carboxylic acids is 1. The number of aliphatic carboxylic acids is 1. The molecule has 6 nitrogen and oxygen atoms in total. The van der Waals surface area contributed by atoms with Gasteiger partial charge < -0.3 is 10.4 Å². The number of carboxylic acids is 1. The predicted octanol–water partition coefficient (Wildman–Crippen LogP) is 1.59. The summed E-state index contributed by atoms with van der Waals surface area (Å²) in [6.07, 6.45) is -0.0775. The largest absolute Gasteiger partial charge is 0.481 e. The van der Waals surface area contributed by atoms with Crippen LogP contribution in [-0.2, 0) is 25.2 Å². The Kier molecular flexibility index (Phi) is 7.02. The van der Waals surface area contributed by atoms with Gasteiger partial charge in [0.2, 0.25) is 5.91 Å². The van der Waals surface area contributed by atoms with Crippen LogP contribution in [0.1, 0.15) is 18.9 Å². The van der Waals surface area contributed by atoms with Crippen LogP contribution in [-0.4, -0.2) is 37.7 Å². The van der Waals surface area contributed by atoms with Crippen molar-refractivity contribution in [3.8, 4) is 0 Å². The highest BCUT2D eigenvalue weighted by Crippen LogP contribution is 2.13. The van der Waals surface area contributed by atoms with Gasteiger partial charge in [-0.05, 0) is 23.6 Å². The van der Waals surface area contributed by atoms with Gasteiger partial charge in [0.1, 0.15) is 5.75 Å². The van der Waals surface area contributed by atoms with E-state index in [0.29, 0.717) is 5.56 Å². The monoisotopic (exact) mass is 391 g/mol. The first-order valence-electron chi connectivity index (χ1n) is 6.61. The maximum absolute atomic E-state index is 12.0. The second kappa shape index (κ2) is 8.28. The van der Waals surface area contributed by atoms with Crippen LogP contribution < -0.4 is 5.32 Å². The van der Waals surface area contributed by atoms with Crippen molar-refractivity contribution in [1.82, 2.24) is 5.32 Å². The lowest BCUT2D eigenvalue weighted by Crippen LogP contribution is -2.34. The zero-order chi connectivity index (χ0) is 16.8. The van der Waals surface area contributed by atoms with Crippen LogP contribution in [0.4, 0.5) is 0 Å². The Bertz CT molecular complexity index is 627. The highest BCUT2D eigenvalue weighted by atomic mass is 79.9. The molecule has 2 N–H and O–H groups in total. The van der Waals surface area contributed by atoms with E-state index in [1.54, 1.807) is 31.2 Å². The fraction of sp³-hybridized carbons (Fsp3) is 0.429. The first-order valence-corrected chi connectivity index (χ1v) is 9.23. The van der Waals surface area contributed by atoms with Crippen molar-refractivity contribution in [3.05, 3.63) is 34.3 Å². The number of carboxylic acid groups (broad SMARTS) is 1. The van der Waals surface area contributed by atoms with Crippen LogP contribution >= 0.6 is 15.9 Å². The van der Waals surface area contributed by atoms with E-state index in [2.05, 4.69) is 21.2 Å². The van der Waals surface area contributed by atoms with E-state index < -0.39 is 27.5 Å². The fourth-order valence-corrected chi connectivity index (χ4v) is 3.36. The molecule has 0 aliphatic heterocycles. The van der Waals surface area contributed by atoms with Crippen molar-refractivity contribution in [2.24, 2.45) is 5.92 Å². The van der Waals surface area contributed by atoms with Crippen molar-refractivity contribution in [1.29, 1.82) is 0 Å². The minimum absolute atomic E-state index is 0.0775. The number of benzene rings is 1. The van der Waals surface area contributed by atoms with Crippen LogP contribution in [0.3, 0.4) is 0 Å². The molecule has 0 aliphatic carbocycles. The van der Waals surface area contributed by atoms with Gasteiger partial charge in [-0.1, -0.05) is 35.0 Å². The molecule has 1 atom stereocenters. The molecule has 0 aromatic heterocycles. The van der Waals surface area contributed by atoms with E-state index in [-0.39, 0.29) is 24.6 Å². The summed E-state index contributed by atoms with van der Waals surface area (Å²) in [6.45, 7) is 1.81. The van der Waals surface area contributed by atoms with Crippen LogP contribution in [0.5, 0.6) is 0 Å². The second-order valence-electron chi connectivity index (χ2n) is 5.17. The number of carbonyl (C=O) groups is 2. The summed E-state index contributed by atoms with van der Waals surface area (Å²) in [7, 11) is -3.56. The van der Waals surface area contributed by atoms with Crippen molar-refractivity contribution in [2.75, 3.05) is 12.3 Å². The maximum Gasteiger partial charge on any atom is 0.303 e. The second-order valence-corrected chi connectivity index (χ2v) is 8.15. The first kappa shape index (κ1) is 18.6. The van der Waals surface area contributed by atoms with Crippen molar-refractivity contribution in [2.45, 2.75) is 19.1 Å². The topological polar surface area (TPSA) is 101 Å². The molecule has 1 aromatic rings. The Labute approximate surface area is 138 Å². The third-order valence-corrected chi connectivity index (χ3v) is 4.83. The van der Waals surface area contributed by atoms with Gasteiger partial charge in [-0.25, -0.2) is 8.42 Å². The normalized spacial score (nSPS) is 12.6. The van der Waals surface area contributed by atoms with Gasteiger partial charge in [0.25, 0.3) is 0 Å². The Morgan fingerprint density at radius 3 is 2.41 bits per heavy atom. The predicted molar refractivity (Wildman–Crippen MR) is 86.1 cm³/mol. The molecule has 0 bridgehead atoms. The summed E-state index contributed by atoms with van der Waals surface area (Å²) < 4.78 is 24.7. The number of sulfone groups is 1. The average molecular weight is 392 g/mol. The Morgan fingerprint density at radius 1 is 1.27 bits per heavy atom. The maximum atomic E-state index is 12.0. The average Bonchev–Trinajstić information content (AvgIpc) is 2.37. The zero-order valence-electron chi connectivity index (χ0n) is 12.1. The van der Waals surface area contributed by atoms with Crippen LogP contribution in [0.15, 0.2) is 28.7 Å². The molecular formula is C14H18BrNO5S. The Hall–Kier alpha value is -1.41. The van der Waals surface area contributed by atoms with E-state index in [9.17, 15) is 18.0 Å². The number of hydrogen-bond acceptors (Lipinski definition) is 4. The number of hydrogen-bond donors (Lipinski definition) is 2. The van der Waals surface area contributed by atoms with Gasteiger partial charge in [-0.2, -0.15) is 0 Å². The van der Waals surface area contributed by atoms with Crippen LogP contribution in [0.25, 0.3) is 0 Å². The minimum Gasteiger partial charge on any atom is -0.481 e. The smallest absolute Gasteiger partial charge is 0.303 e. The highest BCUT2D eigenvalue weighted by Gasteiger charge is 2.18. The quantitative estimate of drug-likeness (QED) is 0.700. The van der Waals surface area contributed by atoms with Crippen LogP contribution in [0.2, 0.25) is 0 Å². The molecule has 8 heteroatoms. The van der Waals surface area contributed by atoms with Gasteiger partial charge in [0.05, 0.1) is 5.75 Å². The summed E-state index contributed by atoms with van der Waals surface area (Å²) in [5, 5.41) is 11.1. The van der Waals surface area contributed by atoms with E-state index in [0.717, 1.165) is 4.47 Å². The first-order chi connectivity index (χ1) is 10.2. The molecular weight excluding hydrogens is 374 g/mol. The third-order valence-electron chi connectivity index (χ3n) is 2.82. The molecule has 1 amide bonds. The lowest BCUT2D eigenvalue weighted by molar-refractivity contribution is -0.138. The third kappa shape index (κ3) is 7.56. The van der Waals surface area contributed by atoms with E-state index in [1.807, 2.05) is 0 Å². The lowest BCUT2D eigenvalue weighted by atomic mass is 10.1. The molecule has 0 radical (unpaired) electrons. The Balaban J connectivity index is 2.48. The minimum atomic E-state index is -3.56. The molecule has 1 aromatic carbocycles. The zero-order valence-corrected chi connectivity index (χ0v) is 14.5. The molecule has 0 spiro atoms. The molecule has 1 rings (SSSR count). The molecule has 0 aliphatic rings. The molecule has 0 fully saturated rings. The molecule has 0 saturated heterocycles. The van der Waals surface area contributed by atoms with Crippen LogP contribution in [0, 0.1) is 5.92 Å². The van der Waals surface area contributed by atoms with Crippen molar-refractivity contribution < 1.29 is 23.1 Å². The molecule has 0 saturated carbocycles. The summed E-state index contributed by atoms with van der Waals surface area (Å²) in [5.74, 6) is -2.64. The fourth-order valence-electron chi connectivity index (χ4n) is 1.79.